The van der Waals surface area contributed by atoms with E-state index < -0.39 is 0 Å². The van der Waals surface area contributed by atoms with E-state index in [4.69, 9.17) is 9.47 Å². The van der Waals surface area contributed by atoms with E-state index in [0.29, 0.717) is 19.6 Å². The average molecular weight is 360 g/mol. The number of hydrogen-bond acceptors (Lipinski definition) is 4. The summed E-state index contributed by atoms with van der Waals surface area (Å²) in [6, 6.07) is 7.65. The SMILES string of the molecule is COc1ccccc1OC1CCN(C(=O)C2CCCN(C(C)=O)C2)CC1. The van der Waals surface area contributed by atoms with Gasteiger partial charge in [0.05, 0.1) is 13.0 Å². The van der Waals surface area contributed by atoms with Gasteiger partial charge < -0.3 is 19.3 Å². The molecule has 2 saturated heterocycles. The van der Waals surface area contributed by atoms with Crippen LogP contribution in [0, 0.1) is 5.92 Å². The zero-order chi connectivity index (χ0) is 18.5. The molecule has 0 spiro atoms. The van der Waals surface area contributed by atoms with Gasteiger partial charge >= 0.3 is 0 Å². The smallest absolute Gasteiger partial charge is 0.227 e. The minimum atomic E-state index is -0.0562. The lowest BCUT2D eigenvalue weighted by Crippen LogP contribution is -2.49. The molecule has 6 nitrogen and oxygen atoms in total. The van der Waals surface area contributed by atoms with Crippen molar-refractivity contribution >= 4 is 11.8 Å². The Morgan fingerprint density at radius 2 is 1.69 bits per heavy atom. The minimum absolute atomic E-state index is 0.0562. The van der Waals surface area contributed by atoms with E-state index in [1.165, 1.54) is 0 Å². The Morgan fingerprint density at radius 1 is 1.00 bits per heavy atom. The van der Waals surface area contributed by atoms with Gasteiger partial charge in [0.25, 0.3) is 0 Å². The van der Waals surface area contributed by atoms with Crippen LogP contribution in [0.3, 0.4) is 0 Å². The van der Waals surface area contributed by atoms with Gasteiger partial charge in [0.15, 0.2) is 11.5 Å². The summed E-state index contributed by atoms with van der Waals surface area (Å²) in [5.74, 6) is 1.68. The van der Waals surface area contributed by atoms with E-state index >= 15 is 0 Å². The lowest BCUT2D eigenvalue weighted by molar-refractivity contribution is -0.141. The molecule has 2 fully saturated rings. The number of rotatable bonds is 4. The van der Waals surface area contributed by atoms with Crippen molar-refractivity contribution < 1.29 is 19.1 Å². The van der Waals surface area contributed by atoms with Gasteiger partial charge in [-0.05, 0) is 25.0 Å². The number of para-hydroxylation sites is 2. The van der Waals surface area contributed by atoms with E-state index in [1.54, 1.807) is 18.9 Å². The molecule has 142 valence electrons. The normalized spacial score (nSPS) is 21.4. The molecule has 1 unspecified atom stereocenters. The first-order valence-corrected chi connectivity index (χ1v) is 9.42. The van der Waals surface area contributed by atoms with Gasteiger partial charge in [-0.15, -0.1) is 0 Å². The number of hydrogen-bond donors (Lipinski definition) is 0. The molecule has 3 rings (SSSR count). The van der Waals surface area contributed by atoms with Crippen molar-refractivity contribution in [3.8, 4) is 11.5 Å². The number of likely N-dealkylation sites (tertiary alicyclic amines) is 2. The molecule has 1 atom stereocenters. The van der Waals surface area contributed by atoms with E-state index in [9.17, 15) is 9.59 Å². The maximum atomic E-state index is 12.8. The largest absolute Gasteiger partial charge is 0.493 e. The Bertz CT molecular complexity index is 640. The van der Waals surface area contributed by atoms with E-state index in [1.807, 2.05) is 29.2 Å². The first-order valence-electron chi connectivity index (χ1n) is 9.42. The topological polar surface area (TPSA) is 59.1 Å². The Labute approximate surface area is 155 Å². The van der Waals surface area contributed by atoms with Gasteiger partial charge in [0.2, 0.25) is 11.8 Å². The van der Waals surface area contributed by atoms with Crippen LogP contribution in [-0.2, 0) is 9.59 Å². The summed E-state index contributed by atoms with van der Waals surface area (Å²) in [5.41, 5.74) is 0. The van der Waals surface area contributed by atoms with Gasteiger partial charge in [-0.1, -0.05) is 12.1 Å². The molecule has 0 N–H and O–H groups in total. The Balaban J connectivity index is 1.51. The monoisotopic (exact) mass is 360 g/mol. The van der Waals surface area contributed by atoms with E-state index in [2.05, 4.69) is 0 Å². The molecule has 2 heterocycles. The minimum Gasteiger partial charge on any atom is -0.493 e. The summed E-state index contributed by atoms with van der Waals surface area (Å²) < 4.78 is 11.4. The summed E-state index contributed by atoms with van der Waals surface area (Å²) in [6.45, 7) is 4.32. The number of carbonyl (C=O) groups excluding carboxylic acids is 2. The van der Waals surface area contributed by atoms with Crippen LogP contribution in [0.25, 0.3) is 0 Å². The molecule has 1 aromatic carbocycles. The Hall–Kier alpha value is -2.24. The van der Waals surface area contributed by atoms with Gasteiger partial charge in [-0.2, -0.15) is 0 Å². The molecular formula is C20H28N2O4. The molecule has 2 aliphatic heterocycles. The van der Waals surface area contributed by atoms with Crippen LogP contribution < -0.4 is 9.47 Å². The summed E-state index contributed by atoms with van der Waals surface area (Å²) in [7, 11) is 1.64. The molecule has 6 heteroatoms. The highest BCUT2D eigenvalue weighted by molar-refractivity contribution is 5.81. The average Bonchev–Trinajstić information content (AvgIpc) is 2.68. The van der Waals surface area contributed by atoms with Crippen LogP contribution in [0.15, 0.2) is 24.3 Å². The second-order valence-electron chi connectivity index (χ2n) is 7.10. The third-order valence-electron chi connectivity index (χ3n) is 5.33. The van der Waals surface area contributed by atoms with Crippen molar-refractivity contribution in [1.82, 2.24) is 9.80 Å². The number of ether oxygens (including phenoxy) is 2. The second-order valence-corrected chi connectivity index (χ2v) is 7.10. The lowest BCUT2D eigenvalue weighted by atomic mass is 9.95. The fourth-order valence-corrected chi connectivity index (χ4v) is 3.81. The molecule has 0 aliphatic carbocycles. The Morgan fingerprint density at radius 3 is 2.35 bits per heavy atom. The molecule has 2 aliphatic rings. The predicted octanol–water partition coefficient (Wildman–Crippen LogP) is 2.32. The maximum Gasteiger partial charge on any atom is 0.227 e. The van der Waals surface area contributed by atoms with Crippen LogP contribution in [0.4, 0.5) is 0 Å². The number of piperidine rings is 2. The quantitative estimate of drug-likeness (QED) is 0.827. The van der Waals surface area contributed by atoms with Crippen molar-refractivity contribution in [3.63, 3.8) is 0 Å². The fourth-order valence-electron chi connectivity index (χ4n) is 3.81. The maximum absolute atomic E-state index is 12.8. The van der Waals surface area contributed by atoms with Gasteiger partial charge in [0.1, 0.15) is 6.10 Å². The molecule has 0 aromatic heterocycles. The van der Waals surface area contributed by atoms with Crippen LogP contribution in [0.1, 0.15) is 32.6 Å². The van der Waals surface area contributed by atoms with Crippen molar-refractivity contribution in [2.24, 2.45) is 5.92 Å². The standard InChI is InChI=1S/C20H28N2O4/c1-15(23)22-11-5-6-16(14-22)20(24)21-12-9-17(10-13-21)26-19-8-4-3-7-18(19)25-2/h3-4,7-8,16-17H,5-6,9-14H2,1-2H3. The zero-order valence-corrected chi connectivity index (χ0v) is 15.6. The molecule has 0 radical (unpaired) electrons. The first-order chi connectivity index (χ1) is 12.6. The highest BCUT2D eigenvalue weighted by Gasteiger charge is 2.32. The van der Waals surface area contributed by atoms with Crippen molar-refractivity contribution in [1.29, 1.82) is 0 Å². The number of benzene rings is 1. The Kier molecular flexibility index (Phi) is 6.01. The highest BCUT2D eigenvalue weighted by atomic mass is 16.5. The number of nitrogens with zero attached hydrogens (tertiary/aromatic N) is 2. The van der Waals surface area contributed by atoms with Crippen molar-refractivity contribution in [2.75, 3.05) is 33.3 Å². The molecule has 2 amide bonds. The fraction of sp³-hybridized carbons (Fsp3) is 0.600. The molecule has 0 bridgehead atoms. The number of amides is 2. The van der Waals surface area contributed by atoms with Crippen LogP contribution in [-0.4, -0.2) is 61.0 Å². The highest BCUT2D eigenvalue weighted by Crippen LogP contribution is 2.29. The van der Waals surface area contributed by atoms with Gasteiger partial charge in [-0.25, -0.2) is 0 Å². The summed E-state index contributed by atoms with van der Waals surface area (Å²) >= 11 is 0. The van der Waals surface area contributed by atoms with E-state index in [-0.39, 0.29) is 23.8 Å². The third kappa shape index (κ3) is 4.29. The van der Waals surface area contributed by atoms with Crippen LogP contribution in [0.2, 0.25) is 0 Å². The number of carbonyl (C=O) groups is 2. The third-order valence-corrected chi connectivity index (χ3v) is 5.33. The van der Waals surface area contributed by atoms with Crippen LogP contribution >= 0.6 is 0 Å². The van der Waals surface area contributed by atoms with Crippen molar-refractivity contribution in [3.05, 3.63) is 24.3 Å². The molecule has 1 aromatic rings. The molecular weight excluding hydrogens is 332 g/mol. The van der Waals surface area contributed by atoms with E-state index in [0.717, 1.165) is 43.7 Å². The van der Waals surface area contributed by atoms with Gasteiger partial charge in [0, 0.05) is 45.9 Å². The van der Waals surface area contributed by atoms with Gasteiger partial charge in [-0.3, -0.25) is 9.59 Å². The van der Waals surface area contributed by atoms with Crippen LogP contribution in [0.5, 0.6) is 11.5 Å². The zero-order valence-electron chi connectivity index (χ0n) is 15.6. The predicted molar refractivity (Wildman–Crippen MR) is 98.2 cm³/mol. The summed E-state index contributed by atoms with van der Waals surface area (Å²) in [6.07, 6.45) is 3.50. The number of methoxy groups -OCH3 is 1. The first kappa shape index (κ1) is 18.5. The second kappa shape index (κ2) is 8.43. The molecule has 0 saturated carbocycles. The van der Waals surface area contributed by atoms with Crippen molar-refractivity contribution in [2.45, 2.75) is 38.7 Å². The summed E-state index contributed by atoms with van der Waals surface area (Å²) in [5, 5.41) is 0. The molecule has 26 heavy (non-hydrogen) atoms. The lowest BCUT2D eigenvalue weighted by Gasteiger charge is -2.37. The summed E-state index contributed by atoms with van der Waals surface area (Å²) in [4.78, 5) is 28.1.